The Labute approximate surface area is 249 Å². The molecule has 0 radical (unpaired) electrons. The highest BCUT2D eigenvalue weighted by Crippen LogP contribution is 2.56. The first kappa shape index (κ1) is 30.4. The van der Waals surface area contributed by atoms with Crippen molar-refractivity contribution in [3.05, 3.63) is 58.6 Å². The number of methoxy groups -OCH3 is 1. The highest BCUT2D eigenvalue weighted by molar-refractivity contribution is 6.15. The predicted octanol–water partition coefficient (Wildman–Crippen LogP) is 5.54. The number of aromatic nitrogens is 2. The fraction of sp³-hybridized carbons (Fsp3) is 0.548. The van der Waals surface area contributed by atoms with Gasteiger partial charge in [-0.3, -0.25) is 9.67 Å². The molecule has 1 spiro atoms. The SMILES string of the molecule is COc1ccc(C(F)(F)F)cc1Cn1cc(C2=NCCC(C3CC4(CCN(C(=O)OC(C)(C)C)C4)C3)C(N)=C2C#N)cn1. The van der Waals surface area contributed by atoms with Crippen LogP contribution in [0.4, 0.5) is 18.0 Å². The number of nitrogens with two attached hydrogens (primary N) is 1. The number of likely N-dealkylation sites (tertiary alicyclic amines) is 1. The molecule has 1 saturated heterocycles. The van der Waals surface area contributed by atoms with Crippen LogP contribution < -0.4 is 10.5 Å². The normalized spacial score (nSPS) is 24.3. The molecule has 43 heavy (non-hydrogen) atoms. The van der Waals surface area contributed by atoms with Gasteiger partial charge in [-0.15, -0.1) is 0 Å². The van der Waals surface area contributed by atoms with E-state index >= 15 is 0 Å². The molecule has 1 aliphatic carbocycles. The Morgan fingerprint density at radius 1 is 1.26 bits per heavy atom. The number of nitrogens with zero attached hydrogens (tertiary/aromatic N) is 5. The van der Waals surface area contributed by atoms with Gasteiger partial charge in [0, 0.05) is 48.6 Å². The quantitative estimate of drug-likeness (QED) is 0.483. The highest BCUT2D eigenvalue weighted by Gasteiger charge is 2.52. The Bertz CT molecular complexity index is 1490. The van der Waals surface area contributed by atoms with Crippen LogP contribution in [0.2, 0.25) is 0 Å². The predicted molar refractivity (Wildman–Crippen MR) is 153 cm³/mol. The molecule has 2 aliphatic heterocycles. The van der Waals surface area contributed by atoms with Gasteiger partial charge in [-0.05, 0) is 76.0 Å². The molecule has 230 valence electrons. The molecule has 1 amide bonds. The molecule has 5 rings (SSSR count). The number of hydrogen-bond donors (Lipinski definition) is 1. The van der Waals surface area contributed by atoms with Gasteiger partial charge < -0.3 is 20.1 Å². The van der Waals surface area contributed by atoms with E-state index in [-0.39, 0.29) is 29.9 Å². The third kappa shape index (κ3) is 6.36. The number of nitriles is 1. The van der Waals surface area contributed by atoms with Gasteiger partial charge in [0.05, 0.1) is 36.7 Å². The third-order valence-corrected chi connectivity index (χ3v) is 8.64. The summed E-state index contributed by atoms with van der Waals surface area (Å²) < 4.78 is 52.2. The molecule has 1 atom stereocenters. The van der Waals surface area contributed by atoms with E-state index in [1.165, 1.54) is 17.9 Å². The van der Waals surface area contributed by atoms with E-state index in [0.717, 1.165) is 31.4 Å². The number of ether oxygens (including phenoxy) is 2. The summed E-state index contributed by atoms with van der Waals surface area (Å²) in [6, 6.07) is 5.58. The lowest BCUT2D eigenvalue weighted by Crippen LogP contribution is -2.45. The fourth-order valence-electron chi connectivity index (χ4n) is 6.63. The first-order chi connectivity index (χ1) is 20.2. The standard InChI is InChI=1S/C31H37F3N6O3/c1-29(2,3)43-28(41)39-10-8-30(18-39)12-20(13-30)23-7-9-37-27(24(14-35)26(23)36)21-15-38-40(17-21)16-19-11-22(31(32,33)34)5-6-25(19)42-4/h5-6,11,15,17,20,23H,7-10,12-13,16,18,36H2,1-4H3. The van der Waals surface area contributed by atoms with Crippen molar-refractivity contribution in [2.45, 2.75) is 64.8 Å². The second kappa shape index (κ2) is 11.2. The number of allylic oxidation sites excluding steroid dienone is 2. The number of halogens is 3. The lowest BCUT2D eigenvalue weighted by Gasteiger charge is -2.48. The highest BCUT2D eigenvalue weighted by atomic mass is 19.4. The topological polar surface area (TPSA) is 119 Å². The molecule has 1 aromatic heterocycles. The average Bonchev–Trinajstić information content (AvgIpc) is 3.53. The Hall–Kier alpha value is -4.01. The zero-order valence-electron chi connectivity index (χ0n) is 24.9. The van der Waals surface area contributed by atoms with Crippen LogP contribution in [0, 0.1) is 28.6 Å². The molecule has 1 unspecified atom stereocenters. The maximum atomic E-state index is 13.3. The Morgan fingerprint density at radius 2 is 2.00 bits per heavy atom. The number of hydrogen-bond acceptors (Lipinski definition) is 7. The van der Waals surface area contributed by atoms with Crippen LogP contribution >= 0.6 is 0 Å². The van der Waals surface area contributed by atoms with Crippen LogP contribution in [0.5, 0.6) is 5.75 Å². The molecular formula is C31H37F3N6O3. The van der Waals surface area contributed by atoms with E-state index in [1.807, 2.05) is 20.8 Å². The summed E-state index contributed by atoms with van der Waals surface area (Å²) in [6.07, 6.45) is 1.90. The first-order valence-corrected chi connectivity index (χ1v) is 14.4. The smallest absolute Gasteiger partial charge is 0.416 e. The maximum Gasteiger partial charge on any atom is 0.416 e. The number of amides is 1. The monoisotopic (exact) mass is 598 g/mol. The second-order valence-corrected chi connectivity index (χ2v) is 12.8. The zero-order valence-corrected chi connectivity index (χ0v) is 24.9. The summed E-state index contributed by atoms with van der Waals surface area (Å²) in [5, 5.41) is 14.5. The maximum absolute atomic E-state index is 13.3. The number of aliphatic imine (C=N–C) groups is 1. The number of carbonyl (C=O) groups is 1. The summed E-state index contributed by atoms with van der Waals surface area (Å²) in [6.45, 7) is 7.43. The molecular weight excluding hydrogens is 561 g/mol. The molecule has 1 saturated carbocycles. The lowest BCUT2D eigenvalue weighted by molar-refractivity contribution is -0.137. The summed E-state index contributed by atoms with van der Waals surface area (Å²) in [5.74, 6) is 0.588. The van der Waals surface area contributed by atoms with Crippen LogP contribution in [0.25, 0.3) is 0 Å². The first-order valence-electron chi connectivity index (χ1n) is 14.4. The van der Waals surface area contributed by atoms with Crippen molar-refractivity contribution in [2.75, 3.05) is 26.7 Å². The van der Waals surface area contributed by atoms with Gasteiger partial charge in [-0.1, -0.05) is 0 Å². The molecule has 3 aliphatic rings. The van der Waals surface area contributed by atoms with E-state index < -0.39 is 17.3 Å². The van der Waals surface area contributed by atoms with Crippen molar-refractivity contribution >= 4 is 11.8 Å². The molecule has 2 N–H and O–H groups in total. The molecule has 2 aromatic rings. The average molecular weight is 599 g/mol. The van der Waals surface area contributed by atoms with Crippen LogP contribution in [0.1, 0.15) is 63.1 Å². The van der Waals surface area contributed by atoms with E-state index in [0.29, 0.717) is 59.9 Å². The molecule has 12 heteroatoms. The summed E-state index contributed by atoms with van der Waals surface area (Å²) in [7, 11) is 1.40. The molecule has 9 nitrogen and oxygen atoms in total. The van der Waals surface area contributed by atoms with Crippen molar-refractivity contribution in [1.82, 2.24) is 14.7 Å². The summed E-state index contributed by atoms with van der Waals surface area (Å²) in [4.78, 5) is 19.1. The minimum atomic E-state index is -4.48. The van der Waals surface area contributed by atoms with E-state index in [4.69, 9.17) is 20.2 Å². The molecule has 0 bridgehead atoms. The van der Waals surface area contributed by atoms with Gasteiger partial charge in [0.1, 0.15) is 17.4 Å². The van der Waals surface area contributed by atoms with Gasteiger partial charge >= 0.3 is 12.3 Å². The summed E-state index contributed by atoms with van der Waals surface area (Å²) in [5.41, 5.74) is 7.55. The Morgan fingerprint density at radius 3 is 2.65 bits per heavy atom. The number of benzene rings is 1. The van der Waals surface area contributed by atoms with Gasteiger partial charge in [0.15, 0.2) is 0 Å². The number of alkyl halides is 3. The molecule has 3 heterocycles. The number of carbonyl (C=O) groups excluding carboxylic acids is 1. The summed E-state index contributed by atoms with van der Waals surface area (Å²) >= 11 is 0. The van der Waals surface area contributed by atoms with Crippen LogP contribution in [-0.4, -0.2) is 58.8 Å². The molecule has 2 fully saturated rings. The van der Waals surface area contributed by atoms with Crippen molar-refractivity contribution in [3.63, 3.8) is 0 Å². The third-order valence-electron chi connectivity index (χ3n) is 8.64. The van der Waals surface area contributed by atoms with Gasteiger partial charge in [0.25, 0.3) is 0 Å². The van der Waals surface area contributed by atoms with Crippen LogP contribution in [0.15, 0.2) is 46.9 Å². The van der Waals surface area contributed by atoms with Gasteiger partial charge in [-0.25, -0.2) is 4.79 Å². The Kier molecular flexibility index (Phi) is 7.96. The van der Waals surface area contributed by atoms with Crippen molar-refractivity contribution < 1.29 is 27.4 Å². The Balaban J connectivity index is 1.29. The largest absolute Gasteiger partial charge is 0.496 e. The van der Waals surface area contributed by atoms with E-state index in [9.17, 15) is 23.2 Å². The van der Waals surface area contributed by atoms with Gasteiger partial charge in [0.2, 0.25) is 0 Å². The second-order valence-electron chi connectivity index (χ2n) is 12.8. The zero-order chi connectivity index (χ0) is 31.2. The van der Waals surface area contributed by atoms with Crippen molar-refractivity contribution in [3.8, 4) is 11.8 Å². The molecule has 1 aromatic carbocycles. The van der Waals surface area contributed by atoms with Crippen molar-refractivity contribution in [2.24, 2.45) is 28.0 Å². The lowest BCUT2D eigenvalue weighted by atomic mass is 9.56. The van der Waals surface area contributed by atoms with E-state index in [1.54, 1.807) is 17.3 Å². The fourth-order valence-corrected chi connectivity index (χ4v) is 6.63. The van der Waals surface area contributed by atoms with Crippen molar-refractivity contribution in [1.29, 1.82) is 5.26 Å². The minimum absolute atomic E-state index is 0.0125. The van der Waals surface area contributed by atoms with Crippen LogP contribution in [-0.2, 0) is 17.5 Å². The van der Waals surface area contributed by atoms with Gasteiger partial charge in [-0.2, -0.15) is 23.5 Å². The minimum Gasteiger partial charge on any atom is -0.496 e. The van der Waals surface area contributed by atoms with Crippen LogP contribution in [0.3, 0.4) is 0 Å². The van der Waals surface area contributed by atoms with E-state index in [2.05, 4.69) is 11.2 Å². The number of rotatable bonds is 5.